The number of aliphatic hydroxyl groups is 1. The lowest BCUT2D eigenvalue weighted by Gasteiger charge is -2.01. The maximum atomic E-state index is 10.4. The lowest BCUT2D eigenvalue weighted by Crippen LogP contribution is -2.11. The monoisotopic (exact) mass is 172 g/mol. The van der Waals surface area contributed by atoms with Crippen LogP contribution < -0.4 is 0 Å². The average Bonchev–Trinajstić information content (AvgIpc) is 1.82. The first-order valence-corrected chi connectivity index (χ1v) is 3.57. The van der Waals surface area contributed by atoms with Crippen molar-refractivity contribution in [2.24, 2.45) is 0 Å². The molecule has 0 fully saturated rings. The highest BCUT2D eigenvalue weighted by Gasteiger charge is 2.15. The molecule has 0 rings (SSSR count). The van der Waals surface area contributed by atoms with Crippen LogP contribution >= 0.6 is 7.82 Å². The largest absolute Gasteiger partial charge is 0.470 e. The number of aliphatic hydroxyl groups excluding tert-OH is 1. The molecule has 0 aliphatic carbocycles. The summed E-state index contributed by atoms with van der Waals surface area (Å²) in [5.41, 5.74) is 0. The highest BCUT2D eigenvalue weighted by molar-refractivity contribution is 7.46. The summed E-state index contributed by atoms with van der Waals surface area (Å²) < 4.78 is 26.6. The van der Waals surface area contributed by atoms with Gasteiger partial charge in [0.1, 0.15) is 13.2 Å². The highest BCUT2D eigenvalue weighted by Crippen LogP contribution is 2.35. The van der Waals surface area contributed by atoms with Crippen LogP contribution in [-0.4, -0.2) is 33.8 Å². The highest BCUT2D eigenvalue weighted by atomic mass is 31.2. The van der Waals surface area contributed by atoms with Crippen molar-refractivity contribution >= 4 is 13.6 Å². The van der Waals surface area contributed by atoms with E-state index >= 15 is 0 Å². The van der Waals surface area contributed by atoms with Crippen molar-refractivity contribution in [3.05, 3.63) is 0 Å². The van der Waals surface area contributed by atoms with Gasteiger partial charge in [-0.3, -0.25) is 9.32 Å². The Balaban J connectivity index is 4.14. The zero-order valence-electron chi connectivity index (χ0n) is 6.67. The second-order valence-corrected chi connectivity index (χ2v) is 2.44. The van der Waals surface area contributed by atoms with Crippen molar-refractivity contribution in [1.29, 1.82) is 0 Å². The second kappa shape index (κ2) is 3.80. The molecule has 7 heteroatoms. The molecule has 0 spiro atoms. The number of carbonyl (C=O) groups is 1. The fourth-order valence-electron chi connectivity index (χ4n) is 0.151. The molecule has 0 bridgehead atoms. The third kappa shape index (κ3) is 5.87. The van der Waals surface area contributed by atoms with E-state index in [-0.39, 0.29) is 0 Å². The van der Waals surface area contributed by atoms with Crippen LogP contribution in [0.4, 0.5) is 0 Å². The zero-order valence-corrected chi connectivity index (χ0v) is 5.56. The Bertz CT molecular complexity index is 211. The molecule has 0 aromatic carbocycles. The molecule has 60 valence electrons. The molecule has 0 aliphatic rings. The number of phosphoric acid groups is 1. The molecule has 6 nitrogen and oxygen atoms in total. The van der Waals surface area contributed by atoms with E-state index in [4.69, 9.17) is 17.6 Å². The van der Waals surface area contributed by atoms with Crippen molar-refractivity contribution in [2.75, 3.05) is 13.2 Å². The van der Waals surface area contributed by atoms with Gasteiger partial charge in [-0.25, -0.2) is 4.57 Å². The lowest BCUT2D eigenvalue weighted by atomic mass is 10.5. The molecule has 0 aromatic heterocycles. The van der Waals surface area contributed by atoms with Crippen LogP contribution in [0.1, 0.15) is 2.74 Å². The van der Waals surface area contributed by atoms with Crippen molar-refractivity contribution in [3.8, 4) is 0 Å². The molecule has 0 heterocycles. The van der Waals surface area contributed by atoms with Crippen LogP contribution in [0.25, 0.3) is 0 Å². The number of carbonyl (C=O) groups excluding carboxylic acids is 1. The van der Waals surface area contributed by atoms with E-state index < -0.39 is 26.8 Å². The average molecular weight is 172 g/mol. The predicted molar refractivity (Wildman–Crippen MR) is 30.1 cm³/mol. The molecule has 0 aromatic rings. The molecular formula is C3H7O6P. The first kappa shape index (κ1) is 6.45. The molecule has 10 heavy (non-hydrogen) atoms. The van der Waals surface area contributed by atoms with E-state index in [0.29, 0.717) is 0 Å². The van der Waals surface area contributed by atoms with Gasteiger partial charge in [0.2, 0.25) is 0 Å². The van der Waals surface area contributed by atoms with E-state index in [1.807, 2.05) is 0 Å². The number of ketones is 1. The summed E-state index contributed by atoms with van der Waals surface area (Å²) in [5.74, 6) is -1.43. The number of hydrogen-bond acceptors (Lipinski definition) is 4. The summed E-state index contributed by atoms with van der Waals surface area (Å²) in [6.07, 6.45) is 0. The van der Waals surface area contributed by atoms with Gasteiger partial charge >= 0.3 is 7.82 Å². The molecule has 0 amide bonds. The molecule has 3 N–H and O–H groups in total. The van der Waals surface area contributed by atoms with Gasteiger partial charge in [-0.15, -0.1) is 0 Å². The summed E-state index contributed by atoms with van der Waals surface area (Å²) in [6, 6.07) is 0. The Kier molecular flexibility index (Phi) is 2.45. The first-order valence-electron chi connectivity index (χ1n) is 3.20. The summed E-state index contributed by atoms with van der Waals surface area (Å²) in [6.45, 7) is -4.46. The van der Waals surface area contributed by atoms with Crippen molar-refractivity contribution in [2.45, 2.75) is 0 Å². The van der Waals surface area contributed by atoms with Gasteiger partial charge in [0.15, 0.2) is 5.78 Å². The van der Waals surface area contributed by atoms with Crippen molar-refractivity contribution in [3.63, 3.8) is 0 Å². The Morgan fingerprint density at radius 1 is 1.70 bits per heavy atom. The third-order valence-corrected chi connectivity index (χ3v) is 0.813. The SMILES string of the molecule is [2H][C@H](OP(=O)(O)O)C(=O)[C@@H]([2H])O. The van der Waals surface area contributed by atoms with Gasteiger partial charge in [-0.1, -0.05) is 0 Å². The van der Waals surface area contributed by atoms with Crippen LogP contribution in [0.5, 0.6) is 0 Å². The summed E-state index contributed by atoms with van der Waals surface area (Å²) in [7, 11) is -4.92. The molecule has 0 unspecified atom stereocenters. The van der Waals surface area contributed by atoms with E-state index in [1.165, 1.54) is 0 Å². The third-order valence-electron chi connectivity index (χ3n) is 0.433. The predicted octanol–water partition coefficient (Wildman–Crippen LogP) is -1.34. The number of hydrogen-bond donors (Lipinski definition) is 3. The Hall–Kier alpha value is -0.260. The Labute approximate surface area is 59.5 Å². The zero-order chi connectivity index (χ0) is 9.94. The summed E-state index contributed by atoms with van der Waals surface area (Å²) in [4.78, 5) is 26.6. The van der Waals surface area contributed by atoms with E-state index in [1.54, 1.807) is 0 Å². The van der Waals surface area contributed by atoms with Gasteiger partial charge in [0.05, 0.1) is 2.74 Å². The minimum Gasteiger partial charge on any atom is -0.388 e. The Morgan fingerprint density at radius 3 is 2.50 bits per heavy atom. The topological polar surface area (TPSA) is 104 Å². The van der Waals surface area contributed by atoms with Gasteiger partial charge < -0.3 is 14.9 Å². The first-order chi connectivity index (χ1) is 5.24. The number of Topliss-reactive ketones (excluding diaryl/α,β-unsaturated/α-hetero) is 1. The molecule has 0 aliphatic heterocycles. The lowest BCUT2D eigenvalue weighted by molar-refractivity contribution is -0.124. The van der Waals surface area contributed by atoms with Gasteiger partial charge in [0, 0.05) is 0 Å². The maximum absolute atomic E-state index is 10.4. The van der Waals surface area contributed by atoms with Gasteiger partial charge in [-0.2, -0.15) is 0 Å². The molecule has 2 atom stereocenters. The van der Waals surface area contributed by atoms with E-state index in [2.05, 4.69) is 4.52 Å². The normalized spacial score (nSPS) is 20.7. The van der Waals surface area contributed by atoms with Crippen molar-refractivity contribution < 1.29 is 31.5 Å². The van der Waals surface area contributed by atoms with Gasteiger partial charge in [0.25, 0.3) is 0 Å². The second-order valence-electron chi connectivity index (χ2n) is 1.25. The maximum Gasteiger partial charge on any atom is 0.470 e. The number of phosphoric ester groups is 1. The fourth-order valence-corrected chi connectivity index (χ4v) is 0.392. The Morgan fingerprint density at radius 2 is 2.20 bits per heavy atom. The summed E-state index contributed by atoms with van der Waals surface area (Å²) in [5, 5.41) is 8.25. The smallest absolute Gasteiger partial charge is 0.388 e. The molecule has 0 radical (unpaired) electrons. The van der Waals surface area contributed by atoms with Gasteiger partial charge in [-0.05, 0) is 0 Å². The number of rotatable bonds is 4. The molecular weight excluding hydrogens is 163 g/mol. The molecule has 0 saturated heterocycles. The van der Waals surface area contributed by atoms with Crippen LogP contribution in [0.2, 0.25) is 0 Å². The summed E-state index contributed by atoms with van der Waals surface area (Å²) >= 11 is 0. The molecule has 0 saturated carbocycles. The van der Waals surface area contributed by atoms with E-state index in [9.17, 15) is 9.36 Å². The van der Waals surface area contributed by atoms with Crippen LogP contribution in [0, 0.1) is 0 Å². The standard InChI is InChI=1S/C3H7O6P/c4-1-3(5)2-9-10(6,7)8/h4H,1-2H2,(H2,6,7,8)/i1D,2D/t1-,2+/m1/s1. The van der Waals surface area contributed by atoms with E-state index in [0.717, 1.165) is 0 Å². The quantitative estimate of drug-likeness (QED) is 0.453. The van der Waals surface area contributed by atoms with Crippen LogP contribution in [-0.2, 0) is 13.9 Å². The fraction of sp³-hybridized carbons (Fsp3) is 0.667. The van der Waals surface area contributed by atoms with Crippen molar-refractivity contribution in [1.82, 2.24) is 0 Å². The van der Waals surface area contributed by atoms with Crippen LogP contribution in [0.3, 0.4) is 0 Å². The van der Waals surface area contributed by atoms with Crippen LogP contribution in [0.15, 0.2) is 0 Å². The minimum absolute atomic E-state index is 1.43. The minimum atomic E-state index is -4.92.